The van der Waals surface area contributed by atoms with Gasteiger partial charge in [-0.15, -0.1) is 10.2 Å². The van der Waals surface area contributed by atoms with Crippen molar-refractivity contribution in [1.82, 2.24) is 10.2 Å². The van der Waals surface area contributed by atoms with E-state index in [2.05, 4.69) is 34.6 Å². The molecule has 0 bridgehead atoms. The predicted octanol–water partition coefficient (Wildman–Crippen LogP) is 4.44. The van der Waals surface area contributed by atoms with Crippen molar-refractivity contribution >= 4 is 29.0 Å². The van der Waals surface area contributed by atoms with Gasteiger partial charge in [-0.05, 0) is 24.5 Å². The maximum absolute atomic E-state index is 12.4. The minimum atomic E-state index is -0.519. The van der Waals surface area contributed by atoms with Crippen molar-refractivity contribution in [2.75, 3.05) is 5.32 Å². The second-order valence-corrected chi connectivity index (χ2v) is 7.83. The number of benzene rings is 2. The number of carbonyl (C=O) groups is 1. The molecule has 2 atom stereocenters. The fourth-order valence-corrected chi connectivity index (χ4v) is 3.38. The molecule has 1 amide bonds. The third-order valence-corrected chi connectivity index (χ3v) is 5.20. The molecule has 0 fully saturated rings. The summed E-state index contributed by atoms with van der Waals surface area (Å²) in [7, 11) is 0. The molecule has 0 saturated heterocycles. The second kappa shape index (κ2) is 9.33. The van der Waals surface area contributed by atoms with E-state index in [-0.39, 0.29) is 17.5 Å². The van der Waals surface area contributed by atoms with E-state index >= 15 is 0 Å². The molecular formula is C20H20N4O4S. The number of nitrogens with one attached hydrogen (secondary N) is 1. The van der Waals surface area contributed by atoms with Gasteiger partial charge in [-0.25, -0.2) is 0 Å². The number of hydrogen-bond acceptors (Lipinski definition) is 7. The van der Waals surface area contributed by atoms with Crippen LogP contribution < -0.4 is 5.32 Å². The molecule has 1 N–H and O–H groups in total. The van der Waals surface area contributed by atoms with Gasteiger partial charge < -0.3 is 9.73 Å². The number of anilines is 1. The van der Waals surface area contributed by atoms with Crippen molar-refractivity contribution in [1.29, 1.82) is 0 Å². The van der Waals surface area contributed by atoms with E-state index in [9.17, 15) is 14.9 Å². The molecule has 3 rings (SSSR count). The molecule has 1 aromatic heterocycles. The maximum Gasteiger partial charge on any atom is 0.277 e. The Hall–Kier alpha value is -3.20. The van der Waals surface area contributed by atoms with Gasteiger partial charge in [0.1, 0.15) is 0 Å². The minimum absolute atomic E-state index is 0.0859. The molecule has 29 heavy (non-hydrogen) atoms. The first-order chi connectivity index (χ1) is 13.9. The van der Waals surface area contributed by atoms with Crippen LogP contribution in [0.25, 0.3) is 0 Å². The lowest BCUT2D eigenvalue weighted by Crippen LogP contribution is -2.22. The van der Waals surface area contributed by atoms with E-state index in [0.29, 0.717) is 23.2 Å². The number of carbonyl (C=O) groups excluding carboxylic acids is 1. The number of aromatic nitrogens is 2. The Morgan fingerprint density at radius 1 is 1.17 bits per heavy atom. The van der Waals surface area contributed by atoms with Gasteiger partial charge in [0, 0.05) is 24.2 Å². The van der Waals surface area contributed by atoms with Crippen LogP contribution in [0.2, 0.25) is 0 Å². The Morgan fingerprint density at radius 2 is 1.93 bits per heavy atom. The average Bonchev–Trinajstić information content (AvgIpc) is 3.15. The minimum Gasteiger partial charge on any atom is -0.416 e. The van der Waals surface area contributed by atoms with Crippen LogP contribution in [0.4, 0.5) is 11.4 Å². The molecule has 0 radical (unpaired) electrons. The molecule has 0 aliphatic heterocycles. The lowest BCUT2D eigenvalue weighted by Gasteiger charge is -2.10. The number of non-ortho nitro benzene ring substituents is 1. The van der Waals surface area contributed by atoms with Crippen molar-refractivity contribution < 1.29 is 14.1 Å². The first-order valence-corrected chi connectivity index (χ1v) is 9.89. The molecule has 0 saturated carbocycles. The van der Waals surface area contributed by atoms with Gasteiger partial charge in [-0.2, -0.15) is 0 Å². The van der Waals surface area contributed by atoms with Crippen LogP contribution in [0.3, 0.4) is 0 Å². The summed E-state index contributed by atoms with van der Waals surface area (Å²) in [6, 6.07) is 15.8. The molecule has 0 aliphatic rings. The molecule has 1 heterocycles. The van der Waals surface area contributed by atoms with Crippen LogP contribution in [0.15, 0.2) is 64.2 Å². The fourth-order valence-electron chi connectivity index (χ4n) is 2.68. The molecule has 2 unspecified atom stereocenters. The number of nitro groups is 1. The van der Waals surface area contributed by atoms with Crippen molar-refractivity contribution in [3.05, 3.63) is 76.2 Å². The van der Waals surface area contributed by atoms with Gasteiger partial charge in [0.05, 0.1) is 10.2 Å². The second-order valence-electron chi connectivity index (χ2n) is 6.53. The normalized spacial score (nSPS) is 12.9. The summed E-state index contributed by atoms with van der Waals surface area (Å²) in [6.45, 7) is 3.79. The Morgan fingerprint density at radius 3 is 2.66 bits per heavy atom. The van der Waals surface area contributed by atoms with Crippen molar-refractivity contribution in [3.8, 4) is 0 Å². The molecule has 0 spiro atoms. The van der Waals surface area contributed by atoms with Crippen molar-refractivity contribution in [2.45, 2.75) is 36.7 Å². The summed E-state index contributed by atoms with van der Waals surface area (Å²) in [5.41, 5.74) is 1.46. The first-order valence-electron chi connectivity index (χ1n) is 9.01. The quantitative estimate of drug-likeness (QED) is 0.331. The van der Waals surface area contributed by atoms with E-state index in [1.807, 2.05) is 18.2 Å². The smallest absolute Gasteiger partial charge is 0.277 e. The van der Waals surface area contributed by atoms with E-state index in [0.717, 1.165) is 11.8 Å². The van der Waals surface area contributed by atoms with Gasteiger partial charge >= 0.3 is 0 Å². The van der Waals surface area contributed by atoms with Gasteiger partial charge in [-0.1, -0.05) is 55.1 Å². The monoisotopic (exact) mass is 412 g/mol. The molecular weight excluding hydrogens is 392 g/mol. The van der Waals surface area contributed by atoms with E-state index in [1.165, 1.54) is 23.8 Å². The highest BCUT2D eigenvalue weighted by molar-refractivity contribution is 8.00. The topological polar surface area (TPSA) is 111 Å². The highest BCUT2D eigenvalue weighted by Crippen LogP contribution is 2.26. The highest BCUT2D eigenvalue weighted by atomic mass is 32.2. The lowest BCUT2D eigenvalue weighted by atomic mass is 9.98. The summed E-state index contributed by atoms with van der Waals surface area (Å²) in [5, 5.41) is 21.4. The lowest BCUT2D eigenvalue weighted by molar-refractivity contribution is -0.384. The SMILES string of the molecule is CC(Sc1nnc(CC(C)c2ccccc2)o1)C(=O)Nc1cccc([N+](=O)[O-])c1. The van der Waals surface area contributed by atoms with E-state index in [4.69, 9.17) is 4.42 Å². The third kappa shape index (κ3) is 5.64. The fraction of sp³-hybridized carbons (Fsp3) is 0.250. The van der Waals surface area contributed by atoms with Crippen molar-refractivity contribution in [3.63, 3.8) is 0 Å². The summed E-state index contributed by atoms with van der Waals surface area (Å²) >= 11 is 1.14. The summed E-state index contributed by atoms with van der Waals surface area (Å²) in [4.78, 5) is 22.7. The number of rotatable bonds is 8. The summed E-state index contributed by atoms with van der Waals surface area (Å²) < 4.78 is 5.67. The van der Waals surface area contributed by atoms with Crippen molar-refractivity contribution in [2.24, 2.45) is 0 Å². The van der Waals surface area contributed by atoms with Gasteiger partial charge in [0.2, 0.25) is 11.8 Å². The zero-order chi connectivity index (χ0) is 20.8. The summed E-state index contributed by atoms with van der Waals surface area (Å²) in [6.07, 6.45) is 0.603. The first kappa shape index (κ1) is 20.5. The molecule has 150 valence electrons. The van der Waals surface area contributed by atoms with E-state index in [1.54, 1.807) is 13.0 Å². The number of nitrogens with zero attached hydrogens (tertiary/aromatic N) is 3. The van der Waals surface area contributed by atoms with Gasteiger partial charge in [0.25, 0.3) is 10.9 Å². The molecule has 9 heteroatoms. The highest BCUT2D eigenvalue weighted by Gasteiger charge is 2.20. The van der Waals surface area contributed by atoms with Crippen LogP contribution in [-0.4, -0.2) is 26.3 Å². The zero-order valence-corrected chi connectivity index (χ0v) is 16.8. The number of nitro benzene ring substituents is 1. The Bertz CT molecular complexity index is 993. The van der Waals surface area contributed by atoms with Crippen LogP contribution in [0.5, 0.6) is 0 Å². The molecule has 2 aromatic carbocycles. The van der Waals surface area contributed by atoms with Gasteiger partial charge in [0.15, 0.2) is 0 Å². The maximum atomic E-state index is 12.4. The molecule has 0 aliphatic carbocycles. The Labute approximate surface area is 171 Å². The zero-order valence-electron chi connectivity index (χ0n) is 15.9. The van der Waals surface area contributed by atoms with Gasteiger partial charge in [-0.3, -0.25) is 14.9 Å². The van der Waals surface area contributed by atoms with E-state index < -0.39 is 10.2 Å². The number of amides is 1. The predicted molar refractivity (Wildman–Crippen MR) is 110 cm³/mol. The number of hydrogen-bond donors (Lipinski definition) is 1. The van der Waals surface area contributed by atoms with Crippen LogP contribution in [0, 0.1) is 10.1 Å². The van der Waals surface area contributed by atoms with Crippen LogP contribution in [0.1, 0.15) is 31.2 Å². The van der Waals surface area contributed by atoms with Crippen LogP contribution >= 0.6 is 11.8 Å². The standard InChI is InChI=1S/C20H20N4O4S/c1-13(15-7-4-3-5-8-15)11-18-22-23-20(28-18)29-14(2)19(25)21-16-9-6-10-17(12-16)24(26)27/h3-10,12-14H,11H2,1-2H3,(H,21,25). The molecule has 3 aromatic rings. The third-order valence-electron chi connectivity index (χ3n) is 4.27. The molecule has 8 nitrogen and oxygen atoms in total. The number of thioether (sulfide) groups is 1. The average molecular weight is 412 g/mol. The largest absolute Gasteiger partial charge is 0.416 e. The summed E-state index contributed by atoms with van der Waals surface area (Å²) in [5.74, 6) is 0.423. The Kier molecular flexibility index (Phi) is 6.61. The Balaban J connectivity index is 1.57. The van der Waals surface area contributed by atoms with Crippen LogP contribution in [-0.2, 0) is 11.2 Å².